The second-order valence-electron chi connectivity index (χ2n) is 4.83. The van der Waals surface area contributed by atoms with Gasteiger partial charge in [-0.25, -0.2) is 0 Å². The quantitative estimate of drug-likeness (QED) is 0.546. The molecule has 3 heterocycles. The summed E-state index contributed by atoms with van der Waals surface area (Å²) in [6.07, 6.45) is 3.48. The molecule has 3 rings (SSSR count). The van der Waals surface area contributed by atoms with Crippen LogP contribution in [0, 0.1) is 10.1 Å². The van der Waals surface area contributed by atoms with E-state index in [2.05, 4.69) is 15.4 Å². The van der Waals surface area contributed by atoms with Gasteiger partial charge >= 0.3 is 5.88 Å². The number of hydrogen-bond donors (Lipinski definition) is 1. The zero-order valence-electron chi connectivity index (χ0n) is 12.5. The van der Waals surface area contributed by atoms with Crippen LogP contribution >= 0.6 is 0 Å². The Hall–Kier alpha value is -3.49. The lowest BCUT2D eigenvalue weighted by molar-refractivity contribution is -0.402. The van der Waals surface area contributed by atoms with Gasteiger partial charge in [0.1, 0.15) is 10.6 Å². The molecule has 9 heteroatoms. The fraction of sp³-hybridized carbons (Fsp3) is 0.133. The molecule has 0 saturated heterocycles. The number of furan rings is 1. The zero-order chi connectivity index (χ0) is 16.9. The molecule has 0 radical (unpaired) electrons. The Morgan fingerprint density at radius 1 is 1.25 bits per heavy atom. The predicted molar refractivity (Wildman–Crippen MR) is 83.2 cm³/mol. The van der Waals surface area contributed by atoms with Gasteiger partial charge in [0.05, 0.1) is 18.3 Å². The van der Waals surface area contributed by atoms with Gasteiger partial charge in [0.25, 0.3) is 5.91 Å². The van der Waals surface area contributed by atoms with E-state index in [1.807, 2.05) is 24.3 Å². The van der Waals surface area contributed by atoms with Crippen LogP contribution in [0.2, 0.25) is 0 Å². The fourth-order valence-corrected chi connectivity index (χ4v) is 2.06. The van der Waals surface area contributed by atoms with E-state index in [0.29, 0.717) is 13.1 Å². The van der Waals surface area contributed by atoms with Gasteiger partial charge in [-0.05, 0) is 24.3 Å². The highest BCUT2D eigenvalue weighted by atomic mass is 16.6. The summed E-state index contributed by atoms with van der Waals surface area (Å²) < 4.78 is 6.51. The molecule has 0 atom stereocenters. The van der Waals surface area contributed by atoms with Crippen molar-refractivity contribution in [1.82, 2.24) is 20.1 Å². The maximum Gasteiger partial charge on any atom is 0.433 e. The van der Waals surface area contributed by atoms with Crippen LogP contribution in [0.25, 0.3) is 11.4 Å². The van der Waals surface area contributed by atoms with Crippen molar-refractivity contribution in [3.63, 3.8) is 0 Å². The summed E-state index contributed by atoms with van der Waals surface area (Å²) >= 11 is 0. The minimum absolute atomic E-state index is 0.101. The molecule has 3 aromatic heterocycles. The lowest BCUT2D eigenvalue weighted by Gasteiger charge is -2.03. The average molecular weight is 327 g/mol. The summed E-state index contributed by atoms with van der Waals surface area (Å²) in [6.45, 7) is 0.748. The molecule has 122 valence electrons. The van der Waals surface area contributed by atoms with Crippen LogP contribution in [0.4, 0.5) is 5.88 Å². The van der Waals surface area contributed by atoms with Crippen molar-refractivity contribution >= 4 is 11.8 Å². The van der Waals surface area contributed by atoms with Crippen molar-refractivity contribution in [2.45, 2.75) is 6.54 Å². The molecule has 0 aliphatic heterocycles. The Bertz CT molecular complexity index is 856. The van der Waals surface area contributed by atoms with E-state index in [-0.39, 0.29) is 5.76 Å². The number of nitrogens with one attached hydrogen (secondary N) is 1. The number of hydrogen-bond acceptors (Lipinski definition) is 6. The number of nitro groups is 1. The molecule has 1 N–H and O–H groups in total. The van der Waals surface area contributed by atoms with Crippen LogP contribution in [0.15, 0.2) is 53.2 Å². The average Bonchev–Trinajstić information content (AvgIpc) is 3.25. The van der Waals surface area contributed by atoms with Crippen molar-refractivity contribution in [3.05, 3.63) is 64.7 Å². The van der Waals surface area contributed by atoms with E-state index in [9.17, 15) is 14.9 Å². The Balaban J connectivity index is 1.54. The monoisotopic (exact) mass is 327 g/mol. The van der Waals surface area contributed by atoms with Crippen molar-refractivity contribution in [1.29, 1.82) is 0 Å². The molecule has 0 spiro atoms. The lowest BCUT2D eigenvalue weighted by atomic mass is 10.3. The number of rotatable bonds is 6. The third kappa shape index (κ3) is 3.46. The van der Waals surface area contributed by atoms with Gasteiger partial charge in [-0.15, -0.1) is 0 Å². The molecule has 0 unspecified atom stereocenters. The molecule has 1 amide bonds. The van der Waals surface area contributed by atoms with Crippen molar-refractivity contribution in [2.75, 3.05) is 6.54 Å². The lowest BCUT2D eigenvalue weighted by Crippen LogP contribution is -2.27. The van der Waals surface area contributed by atoms with E-state index in [0.717, 1.165) is 17.5 Å². The third-order valence-electron chi connectivity index (χ3n) is 3.19. The first kappa shape index (κ1) is 15.4. The smallest absolute Gasteiger partial charge is 0.395 e. The maximum absolute atomic E-state index is 11.8. The summed E-state index contributed by atoms with van der Waals surface area (Å²) in [5.41, 5.74) is 1.51. The summed E-state index contributed by atoms with van der Waals surface area (Å²) in [7, 11) is 0. The van der Waals surface area contributed by atoms with Crippen LogP contribution in [0.5, 0.6) is 0 Å². The molecular weight excluding hydrogens is 314 g/mol. The standard InChI is InChI=1S/C15H13N5O4/c21-15(13-4-5-14(24-13)20(22)23)17-8-10-19-9-6-12(18-19)11-3-1-2-7-16-11/h1-7,9H,8,10H2,(H,17,21). The number of nitrogens with zero attached hydrogens (tertiary/aromatic N) is 4. The van der Waals surface area contributed by atoms with E-state index < -0.39 is 16.7 Å². The minimum atomic E-state index is -0.695. The second-order valence-corrected chi connectivity index (χ2v) is 4.83. The van der Waals surface area contributed by atoms with Gasteiger partial charge in [0.2, 0.25) is 0 Å². The van der Waals surface area contributed by atoms with Crippen LogP contribution in [0.3, 0.4) is 0 Å². The Kier molecular flexibility index (Phi) is 4.32. The molecule has 3 aromatic rings. The highest BCUT2D eigenvalue weighted by molar-refractivity contribution is 5.91. The summed E-state index contributed by atoms with van der Waals surface area (Å²) in [4.78, 5) is 25.9. The van der Waals surface area contributed by atoms with Gasteiger partial charge in [-0.3, -0.25) is 24.6 Å². The van der Waals surface area contributed by atoms with Gasteiger partial charge in [0.15, 0.2) is 5.76 Å². The predicted octanol–water partition coefficient (Wildman–Crippen LogP) is 1.88. The molecule has 0 fully saturated rings. The van der Waals surface area contributed by atoms with Crippen LogP contribution in [0.1, 0.15) is 10.6 Å². The third-order valence-corrected chi connectivity index (χ3v) is 3.19. The first-order valence-corrected chi connectivity index (χ1v) is 7.11. The number of pyridine rings is 1. The summed E-state index contributed by atoms with van der Waals surface area (Å²) in [6, 6.07) is 9.81. The Labute approximate surface area is 136 Å². The number of carbonyl (C=O) groups excluding carboxylic acids is 1. The summed E-state index contributed by atoms with van der Waals surface area (Å²) in [5.74, 6) is -1.08. The number of amides is 1. The van der Waals surface area contributed by atoms with E-state index in [4.69, 9.17) is 4.42 Å². The number of aromatic nitrogens is 3. The number of carbonyl (C=O) groups is 1. The Morgan fingerprint density at radius 3 is 2.83 bits per heavy atom. The Morgan fingerprint density at radius 2 is 2.12 bits per heavy atom. The van der Waals surface area contributed by atoms with Crippen molar-refractivity contribution in [2.24, 2.45) is 0 Å². The van der Waals surface area contributed by atoms with Gasteiger partial charge in [0, 0.05) is 18.9 Å². The van der Waals surface area contributed by atoms with Gasteiger partial charge in [-0.2, -0.15) is 5.10 Å². The molecule has 9 nitrogen and oxygen atoms in total. The molecule has 0 aliphatic rings. The largest absolute Gasteiger partial charge is 0.433 e. The maximum atomic E-state index is 11.8. The van der Waals surface area contributed by atoms with E-state index >= 15 is 0 Å². The first-order chi connectivity index (χ1) is 11.6. The molecule has 0 aromatic carbocycles. The van der Waals surface area contributed by atoms with Crippen LogP contribution in [-0.4, -0.2) is 32.1 Å². The molecule has 24 heavy (non-hydrogen) atoms. The normalized spacial score (nSPS) is 10.5. The first-order valence-electron chi connectivity index (χ1n) is 7.11. The fourth-order valence-electron chi connectivity index (χ4n) is 2.06. The highest BCUT2D eigenvalue weighted by Crippen LogP contribution is 2.15. The van der Waals surface area contributed by atoms with Crippen molar-refractivity contribution < 1.29 is 14.1 Å². The second kappa shape index (κ2) is 6.73. The van der Waals surface area contributed by atoms with E-state index in [1.54, 1.807) is 17.1 Å². The van der Waals surface area contributed by atoms with Crippen LogP contribution < -0.4 is 5.32 Å². The van der Waals surface area contributed by atoms with Gasteiger partial charge in [-0.1, -0.05) is 6.07 Å². The molecule has 0 saturated carbocycles. The molecular formula is C15H13N5O4. The summed E-state index contributed by atoms with van der Waals surface area (Å²) in [5, 5.41) is 17.5. The zero-order valence-corrected chi connectivity index (χ0v) is 12.5. The molecule has 0 aliphatic carbocycles. The topological polar surface area (TPSA) is 116 Å². The van der Waals surface area contributed by atoms with Crippen molar-refractivity contribution in [3.8, 4) is 11.4 Å². The minimum Gasteiger partial charge on any atom is -0.395 e. The van der Waals surface area contributed by atoms with Gasteiger partial charge < -0.3 is 9.73 Å². The SMILES string of the molecule is O=C(NCCn1ccc(-c2ccccn2)n1)c1ccc([N+](=O)[O-])o1. The highest BCUT2D eigenvalue weighted by Gasteiger charge is 2.16. The van der Waals surface area contributed by atoms with Crippen LogP contribution in [-0.2, 0) is 6.54 Å². The van der Waals surface area contributed by atoms with E-state index in [1.165, 1.54) is 6.07 Å². The molecule has 0 bridgehead atoms.